The van der Waals surface area contributed by atoms with Crippen LogP contribution in [-0.2, 0) is 6.54 Å². The first kappa shape index (κ1) is 13.3. The van der Waals surface area contributed by atoms with Crippen molar-refractivity contribution in [2.24, 2.45) is 0 Å². The molecule has 4 nitrogen and oxygen atoms in total. The molecule has 1 unspecified atom stereocenters. The van der Waals surface area contributed by atoms with Crippen molar-refractivity contribution in [3.05, 3.63) is 46.0 Å². The first-order valence-corrected chi connectivity index (χ1v) is 7.47. The van der Waals surface area contributed by atoms with Crippen LogP contribution >= 0.6 is 0 Å². The second-order valence-electron chi connectivity index (χ2n) is 6.00. The van der Waals surface area contributed by atoms with Gasteiger partial charge >= 0.3 is 0 Å². The summed E-state index contributed by atoms with van der Waals surface area (Å²) in [6, 6.07) is 6.29. The van der Waals surface area contributed by atoms with Crippen LogP contribution in [0.2, 0.25) is 0 Å². The molecule has 0 saturated carbocycles. The molecule has 1 aliphatic heterocycles. The van der Waals surface area contributed by atoms with E-state index in [9.17, 15) is 4.79 Å². The zero-order valence-electron chi connectivity index (χ0n) is 12.2. The number of likely N-dealkylation sites (tertiary alicyclic amines) is 1. The van der Waals surface area contributed by atoms with Crippen molar-refractivity contribution in [1.82, 2.24) is 9.38 Å². The van der Waals surface area contributed by atoms with E-state index in [0.29, 0.717) is 6.04 Å². The van der Waals surface area contributed by atoms with E-state index >= 15 is 0 Å². The minimum atomic E-state index is 0.0257. The minimum Gasteiger partial charge on any atom is -0.328 e. The SMILES string of the molecule is Cc1ccc2nc(C[NH+]3CCCC[C@H]3C)cc(=O)n2c1. The van der Waals surface area contributed by atoms with Crippen LogP contribution in [0.1, 0.15) is 37.4 Å². The number of hydrogen-bond acceptors (Lipinski definition) is 2. The van der Waals surface area contributed by atoms with Crippen molar-refractivity contribution in [3.8, 4) is 0 Å². The standard InChI is InChI=1S/C16H21N3O/c1-12-6-7-15-17-14(9-16(20)19(15)10-12)11-18-8-4-3-5-13(18)2/h6-7,9-10,13H,3-5,8,11H2,1-2H3/p+1/t13-/m1/s1. The molecule has 0 radical (unpaired) electrons. The van der Waals surface area contributed by atoms with Crippen LogP contribution in [-0.4, -0.2) is 22.0 Å². The number of quaternary nitrogens is 1. The van der Waals surface area contributed by atoms with E-state index in [0.717, 1.165) is 23.4 Å². The summed E-state index contributed by atoms with van der Waals surface area (Å²) < 4.78 is 1.63. The molecule has 2 atom stereocenters. The zero-order chi connectivity index (χ0) is 14.1. The van der Waals surface area contributed by atoms with Gasteiger partial charge in [-0.2, -0.15) is 0 Å². The number of rotatable bonds is 2. The predicted molar refractivity (Wildman–Crippen MR) is 79.0 cm³/mol. The van der Waals surface area contributed by atoms with Crippen molar-refractivity contribution >= 4 is 5.65 Å². The Kier molecular flexibility index (Phi) is 3.57. The Bertz CT molecular complexity index is 677. The third-order valence-corrected chi connectivity index (χ3v) is 4.35. The number of fused-ring (bicyclic) bond motifs is 1. The summed E-state index contributed by atoms with van der Waals surface area (Å²) in [5, 5.41) is 0. The van der Waals surface area contributed by atoms with Gasteiger partial charge in [0, 0.05) is 12.3 Å². The smallest absolute Gasteiger partial charge is 0.258 e. The maximum atomic E-state index is 12.2. The van der Waals surface area contributed by atoms with Gasteiger partial charge in [-0.1, -0.05) is 6.07 Å². The topological polar surface area (TPSA) is 38.8 Å². The summed E-state index contributed by atoms with van der Waals surface area (Å²) in [7, 11) is 0. The Hall–Kier alpha value is -1.68. The van der Waals surface area contributed by atoms with Crippen molar-refractivity contribution in [2.45, 2.75) is 45.7 Å². The molecule has 3 heterocycles. The second kappa shape index (κ2) is 5.37. The number of hydrogen-bond donors (Lipinski definition) is 1. The Morgan fingerprint density at radius 2 is 2.25 bits per heavy atom. The Morgan fingerprint density at radius 3 is 3.05 bits per heavy atom. The largest absolute Gasteiger partial charge is 0.328 e. The lowest BCUT2D eigenvalue weighted by Crippen LogP contribution is -3.15. The molecule has 106 valence electrons. The molecule has 0 spiro atoms. The van der Waals surface area contributed by atoms with E-state index in [2.05, 4.69) is 11.9 Å². The molecular formula is C16H22N3O+. The van der Waals surface area contributed by atoms with Crippen LogP contribution in [0.25, 0.3) is 5.65 Å². The number of nitrogens with one attached hydrogen (secondary N) is 1. The molecule has 20 heavy (non-hydrogen) atoms. The highest BCUT2D eigenvalue weighted by Crippen LogP contribution is 2.05. The lowest BCUT2D eigenvalue weighted by molar-refractivity contribution is -0.942. The summed E-state index contributed by atoms with van der Waals surface area (Å²) in [5.74, 6) is 0. The first-order valence-electron chi connectivity index (χ1n) is 7.47. The lowest BCUT2D eigenvalue weighted by atomic mass is 10.0. The average Bonchev–Trinajstić information content (AvgIpc) is 2.42. The van der Waals surface area contributed by atoms with Gasteiger partial charge in [-0.05, 0) is 44.7 Å². The number of piperidine rings is 1. The zero-order valence-corrected chi connectivity index (χ0v) is 12.2. The molecule has 2 aromatic heterocycles. The second-order valence-corrected chi connectivity index (χ2v) is 6.00. The third-order valence-electron chi connectivity index (χ3n) is 4.35. The van der Waals surface area contributed by atoms with Gasteiger partial charge in [0.2, 0.25) is 0 Å². The molecule has 0 amide bonds. The highest BCUT2D eigenvalue weighted by Gasteiger charge is 2.22. The van der Waals surface area contributed by atoms with Crippen LogP contribution in [0.3, 0.4) is 0 Å². The summed E-state index contributed by atoms with van der Waals surface area (Å²) in [5.41, 5.74) is 2.77. The molecule has 3 rings (SSSR count). The molecule has 2 aromatic rings. The summed E-state index contributed by atoms with van der Waals surface area (Å²) >= 11 is 0. The minimum absolute atomic E-state index is 0.0257. The monoisotopic (exact) mass is 272 g/mol. The summed E-state index contributed by atoms with van der Waals surface area (Å²) in [4.78, 5) is 18.4. The fraction of sp³-hybridized carbons (Fsp3) is 0.500. The van der Waals surface area contributed by atoms with Crippen molar-refractivity contribution < 1.29 is 4.90 Å². The van der Waals surface area contributed by atoms with Gasteiger partial charge in [-0.3, -0.25) is 9.20 Å². The summed E-state index contributed by atoms with van der Waals surface area (Å²) in [6.07, 6.45) is 5.75. The summed E-state index contributed by atoms with van der Waals surface area (Å²) in [6.45, 7) is 6.34. The van der Waals surface area contributed by atoms with Crippen LogP contribution < -0.4 is 10.5 Å². The van der Waals surface area contributed by atoms with E-state index in [1.165, 1.54) is 25.8 Å². The lowest BCUT2D eigenvalue weighted by Gasteiger charge is -2.29. The van der Waals surface area contributed by atoms with Crippen molar-refractivity contribution in [2.75, 3.05) is 6.54 Å². The van der Waals surface area contributed by atoms with Crippen LogP contribution in [0.15, 0.2) is 29.2 Å². The fourth-order valence-electron chi connectivity index (χ4n) is 3.10. The highest BCUT2D eigenvalue weighted by atomic mass is 16.1. The third kappa shape index (κ3) is 2.61. The van der Waals surface area contributed by atoms with Crippen molar-refractivity contribution in [1.29, 1.82) is 0 Å². The molecule has 4 heteroatoms. The van der Waals surface area contributed by atoms with Gasteiger partial charge in [0.25, 0.3) is 5.56 Å². The van der Waals surface area contributed by atoms with Gasteiger partial charge in [-0.25, -0.2) is 4.98 Å². The van der Waals surface area contributed by atoms with E-state index in [4.69, 9.17) is 0 Å². The molecule has 1 N–H and O–H groups in total. The van der Waals surface area contributed by atoms with Gasteiger partial charge in [-0.15, -0.1) is 0 Å². The van der Waals surface area contributed by atoms with Crippen LogP contribution in [0, 0.1) is 6.92 Å². The van der Waals surface area contributed by atoms with Gasteiger partial charge in [0.15, 0.2) is 0 Å². The first-order chi connectivity index (χ1) is 9.63. The molecule has 1 saturated heterocycles. The van der Waals surface area contributed by atoms with E-state index in [1.54, 1.807) is 15.4 Å². The van der Waals surface area contributed by atoms with Crippen LogP contribution in [0.4, 0.5) is 0 Å². The Morgan fingerprint density at radius 1 is 1.40 bits per heavy atom. The molecule has 0 aliphatic carbocycles. The molecule has 1 aliphatic rings. The Labute approximate surface area is 119 Å². The van der Waals surface area contributed by atoms with Gasteiger partial charge < -0.3 is 4.90 Å². The predicted octanol–water partition coefficient (Wildman–Crippen LogP) is 0.960. The van der Waals surface area contributed by atoms with E-state index < -0.39 is 0 Å². The molecule has 1 fully saturated rings. The number of pyridine rings is 1. The normalized spacial score (nSPS) is 23.1. The van der Waals surface area contributed by atoms with E-state index in [1.807, 2.05) is 25.3 Å². The fourth-order valence-corrected chi connectivity index (χ4v) is 3.10. The quantitative estimate of drug-likeness (QED) is 0.884. The maximum absolute atomic E-state index is 12.2. The molecular weight excluding hydrogens is 250 g/mol. The van der Waals surface area contributed by atoms with Gasteiger partial charge in [0.05, 0.1) is 12.6 Å². The average molecular weight is 272 g/mol. The molecule has 0 bridgehead atoms. The Balaban J connectivity index is 1.92. The maximum Gasteiger partial charge on any atom is 0.258 e. The van der Waals surface area contributed by atoms with Crippen molar-refractivity contribution in [3.63, 3.8) is 0 Å². The number of aromatic nitrogens is 2. The number of nitrogens with zero attached hydrogens (tertiary/aromatic N) is 2. The highest BCUT2D eigenvalue weighted by molar-refractivity contribution is 5.39. The van der Waals surface area contributed by atoms with E-state index in [-0.39, 0.29) is 5.56 Å². The molecule has 0 aromatic carbocycles. The van der Waals surface area contributed by atoms with Gasteiger partial charge in [0.1, 0.15) is 17.9 Å². The van der Waals surface area contributed by atoms with Crippen LogP contribution in [0.5, 0.6) is 0 Å². The number of aryl methyl sites for hydroxylation is 1.